The maximum atomic E-state index is 12.3. The number of nitrogens with one attached hydrogen (secondary N) is 1. The first kappa shape index (κ1) is 19.8. The van der Waals surface area contributed by atoms with Gasteiger partial charge in [-0.2, -0.15) is 0 Å². The standard InChI is InChI=1S/C19H20F3N3O3/c1-27-15-6-2-13(3-7-15)10-11-25-17(26)24-12-18(25,23)14-4-8-16(9-5-14)28-19(20,21)22/h2-9H,10-12,23H2,1H3,(H,24,26). The van der Waals surface area contributed by atoms with Crippen LogP contribution < -0.4 is 20.5 Å². The van der Waals surface area contributed by atoms with E-state index in [2.05, 4.69) is 10.1 Å². The maximum Gasteiger partial charge on any atom is 0.573 e. The molecule has 28 heavy (non-hydrogen) atoms. The van der Waals surface area contributed by atoms with E-state index in [1.807, 2.05) is 24.3 Å². The highest BCUT2D eigenvalue weighted by Crippen LogP contribution is 2.30. The molecule has 1 saturated heterocycles. The first-order chi connectivity index (χ1) is 13.2. The molecule has 6 nitrogen and oxygen atoms in total. The van der Waals surface area contributed by atoms with Crippen LogP contribution in [-0.2, 0) is 12.1 Å². The van der Waals surface area contributed by atoms with Gasteiger partial charge in [0.05, 0.1) is 13.7 Å². The van der Waals surface area contributed by atoms with Gasteiger partial charge in [-0.05, 0) is 41.8 Å². The minimum atomic E-state index is -4.77. The third-order valence-electron chi connectivity index (χ3n) is 4.61. The molecule has 0 aliphatic carbocycles. The quantitative estimate of drug-likeness (QED) is 0.789. The van der Waals surface area contributed by atoms with Crippen molar-refractivity contribution in [2.24, 2.45) is 5.73 Å². The Balaban J connectivity index is 1.74. The number of carbonyl (C=O) groups excluding carboxylic acids is 1. The van der Waals surface area contributed by atoms with Gasteiger partial charge in [-0.25, -0.2) is 4.79 Å². The van der Waals surface area contributed by atoms with Crippen molar-refractivity contribution in [1.82, 2.24) is 10.2 Å². The van der Waals surface area contributed by atoms with Crippen LogP contribution in [-0.4, -0.2) is 37.5 Å². The van der Waals surface area contributed by atoms with Crippen molar-refractivity contribution in [2.75, 3.05) is 20.2 Å². The summed E-state index contributed by atoms with van der Waals surface area (Å²) in [4.78, 5) is 13.8. The molecule has 2 aromatic rings. The van der Waals surface area contributed by atoms with Gasteiger partial charge in [-0.15, -0.1) is 13.2 Å². The summed E-state index contributed by atoms with van der Waals surface area (Å²) in [5.41, 5.74) is 6.80. The molecule has 9 heteroatoms. The van der Waals surface area contributed by atoms with Crippen molar-refractivity contribution in [3.8, 4) is 11.5 Å². The zero-order chi connectivity index (χ0) is 20.4. The zero-order valence-electron chi connectivity index (χ0n) is 15.1. The zero-order valence-corrected chi connectivity index (χ0v) is 15.1. The summed E-state index contributed by atoms with van der Waals surface area (Å²) in [5.74, 6) is 0.388. The van der Waals surface area contributed by atoms with Crippen LogP contribution in [0.4, 0.5) is 18.0 Å². The Morgan fingerprint density at radius 1 is 1.11 bits per heavy atom. The second-order valence-corrected chi connectivity index (χ2v) is 6.40. The van der Waals surface area contributed by atoms with Crippen molar-refractivity contribution >= 4 is 6.03 Å². The SMILES string of the molecule is COc1ccc(CCN2C(=O)NCC2(N)c2ccc(OC(F)(F)F)cc2)cc1. The molecule has 1 unspecified atom stereocenters. The number of methoxy groups -OCH3 is 1. The third-order valence-corrected chi connectivity index (χ3v) is 4.61. The number of hydrogen-bond acceptors (Lipinski definition) is 4. The molecule has 2 amide bonds. The van der Waals surface area contributed by atoms with Gasteiger partial charge in [0.2, 0.25) is 0 Å². The Morgan fingerprint density at radius 2 is 1.71 bits per heavy atom. The predicted octanol–water partition coefficient (Wildman–Crippen LogP) is 2.97. The van der Waals surface area contributed by atoms with Crippen LogP contribution in [0.2, 0.25) is 0 Å². The van der Waals surface area contributed by atoms with Crippen LogP contribution in [0.15, 0.2) is 48.5 Å². The van der Waals surface area contributed by atoms with Crippen LogP contribution in [0, 0.1) is 0 Å². The largest absolute Gasteiger partial charge is 0.573 e. The van der Waals surface area contributed by atoms with Gasteiger partial charge in [0.1, 0.15) is 17.2 Å². The van der Waals surface area contributed by atoms with E-state index in [-0.39, 0.29) is 18.3 Å². The molecular formula is C19H20F3N3O3. The van der Waals surface area contributed by atoms with Crippen LogP contribution in [0.5, 0.6) is 11.5 Å². The first-order valence-electron chi connectivity index (χ1n) is 8.55. The summed E-state index contributed by atoms with van der Waals surface area (Å²) < 4.78 is 46.0. The van der Waals surface area contributed by atoms with E-state index in [1.54, 1.807) is 7.11 Å². The normalized spacial score (nSPS) is 19.5. The number of ether oxygens (including phenoxy) is 2. The minimum Gasteiger partial charge on any atom is -0.497 e. The third kappa shape index (κ3) is 4.30. The van der Waals surface area contributed by atoms with E-state index in [0.29, 0.717) is 18.5 Å². The average molecular weight is 395 g/mol. The molecule has 1 heterocycles. The lowest BCUT2D eigenvalue weighted by Crippen LogP contribution is -2.52. The van der Waals surface area contributed by atoms with Gasteiger partial charge in [-0.1, -0.05) is 24.3 Å². The molecule has 0 aromatic heterocycles. The summed E-state index contributed by atoms with van der Waals surface area (Å²) in [7, 11) is 1.58. The molecule has 3 rings (SSSR count). The fraction of sp³-hybridized carbons (Fsp3) is 0.316. The number of nitrogens with zero attached hydrogens (tertiary/aromatic N) is 1. The molecule has 0 bridgehead atoms. The molecule has 1 aliphatic rings. The summed E-state index contributed by atoms with van der Waals surface area (Å²) in [6.07, 6.45) is -4.21. The fourth-order valence-corrected chi connectivity index (χ4v) is 3.12. The second-order valence-electron chi connectivity index (χ2n) is 6.40. The monoisotopic (exact) mass is 395 g/mol. The highest BCUT2D eigenvalue weighted by atomic mass is 19.4. The summed E-state index contributed by atoms with van der Waals surface area (Å²) in [5, 5.41) is 2.70. The Hall–Kier alpha value is -2.94. The number of halogens is 3. The lowest BCUT2D eigenvalue weighted by Gasteiger charge is -2.34. The van der Waals surface area contributed by atoms with E-state index >= 15 is 0 Å². The molecular weight excluding hydrogens is 375 g/mol. The smallest absolute Gasteiger partial charge is 0.497 e. The first-order valence-corrected chi connectivity index (χ1v) is 8.55. The van der Waals surface area contributed by atoms with Crippen LogP contribution in [0.3, 0.4) is 0 Å². The predicted molar refractivity (Wildman–Crippen MR) is 95.8 cm³/mol. The van der Waals surface area contributed by atoms with Gasteiger partial charge < -0.3 is 25.4 Å². The Bertz CT molecular complexity index is 825. The van der Waals surface area contributed by atoms with E-state index in [9.17, 15) is 18.0 Å². The second kappa shape index (κ2) is 7.59. The highest BCUT2D eigenvalue weighted by Gasteiger charge is 2.43. The number of benzene rings is 2. The van der Waals surface area contributed by atoms with Crippen molar-refractivity contribution in [3.63, 3.8) is 0 Å². The van der Waals surface area contributed by atoms with E-state index in [0.717, 1.165) is 11.3 Å². The molecule has 1 atom stereocenters. The molecule has 0 spiro atoms. The van der Waals surface area contributed by atoms with Gasteiger partial charge >= 0.3 is 12.4 Å². The minimum absolute atomic E-state index is 0.147. The van der Waals surface area contributed by atoms with Gasteiger partial charge in [0.15, 0.2) is 0 Å². The van der Waals surface area contributed by atoms with Crippen LogP contribution in [0.25, 0.3) is 0 Å². The summed E-state index contributed by atoms with van der Waals surface area (Å²) in [6, 6.07) is 12.4. The molecule has 150 valence electrons. The lowest BCUT2D eigenvalue weighted by atomic mass is 9.99. The van der Waals surface area contributed by atoms with Gasteiger partial charge in [-0.3, -0.25) is 0 Å². The van der Waals surface area contributed by atoms with Crippen LogP contribution in [0.1, 0.15) is 11.1 Å². The Morgan fingerprint density at radius 3 is 2.29 bits per heavy atom. The van der Waals surface area contributed by atoms with E-state index < -0.39 is 12.0 Å². The van der Waals surface area contributed by atoms with Crippen molar-refractivity contribution in [1.29, 1.82) is 0 Å². The number of amides is 2. The molecule has 1 aliphatic heterocycles. The lowest BCUT2D eigenvalue weighted by molar-refractivity contribution is -0.274. The molecule has 0 saturated carbocycles. The molecule has 2 aromatic carbocycles. The van der Waals surface area contributed by atoms with Gasteiger partial charge in [0.25, 0.3) is 0 Å². The number of urea groups is 1. The molecule has 1 fully saturated rings. The van der Waals surface area contributed by atoms with E-state index in [4.69, 9.17) is 10.5 Å². The average Bonchev–Trinajstić information content (AvgIpc) is 2.95. The van der Waals surface area contributed by atoms with Crippen molar-refractivity contribution in [3.05, 3.63) is 59.7 Å². The van der Waals surface area contributed by atoms with Crippen LogP contribution >= 0.6 is 0 Å². The Labute approximate surface area is 160 Å². The van der Waals surface area contributed by atoms with Crippen molar-refractivity contribution < 1.29 is 27.4 Å². The topological polar surface area (TPSA) is 76.8 Å². The van der Waals surface area contributed by atoms with E-state index in [1.165, 1.54) is 29.2 Å². The number of nitrogens with two attached hydrogens (primary N) is 1. The van der Waals surface area contributed by atoms with Gasteiger partial charge in [0, 0.05) is 6.54 Å². The number of rotatable bonds is 6. The summed E-state index contributed by atoms with van der Waals surface area (Å²) >= 11 is 0. The maximum absolute atomic E-state index is 12.3. The number of carbonyl (C=O) groups is 1. The summed E-state index contributed by atoms with van der Waals surface area (Å²) in [6.45, 7) is 0.489. The highest BCUT2D eigenvalue weighted by molar-refractivity contribution is 5.78. The Kier molecular flexibility index (Phi) is 5.37. The number of alkyl halides is 3. The number of hydrogen-bond donors (Lipinski definition) is 2. The molecule has 3 N–H and O–H groups in total. The van der Waals surface area contributed by atoms with Crippen molar-refractivity contribution in [2.45, 2.75) is 18.4 Å². The molecule has 0 radical (unpaired) electrons. The fourth-order valence-electron chi connectivity index (χ4n) is 3.12.